The summed E-state index contributed by atoms with van der Waals surface area (Å²) in [5.74, 6) is 3.34. The molecule has 3 aromatic heterocycles. The van der Waals surface area contributed by atoms with Gasteiger partial charge >= 0.3 is 0 Å². The van der Waals surface area contributed by atoms with E-state index >= 15 is 0 Å². The Labute approximate surface area is 179 Å². The Balaban J connectivity index is 1.68. The molecule has 0 amide bonds. The van der Waals surface area contributed by atoms with Crippen molar-refractivity contribution in [1.82, 2.24) is 19.5 Å². The average molecular weight is 407 g/mol. The summed E-state index contributed by atoms with van der Waals surface area (Å²) >= 11 is 0. The summed E-state index contributed by atoms with van der Waals surface area (Å²) in [6, 6.07) is 10.1. The number of aromatic nitrogens is 4. The van der Waals surface area contributed by atoms with Crippen LogP contribution in [0.1, 0.15) is 37.8 Å². The lowest BCUT2D eigenvalue weighted by atomic mass is 9.85. The van der Waals surface area contributed by atoms with Crippen LogP contribution >= 0.6 is 0 Å². The number of carbonyl (C=O) groups excluding carboxylic acids is 1. The maximum atomic E-state index is 11.9. The second kappa shape index (κ2) is 6.14. The topological polar surface area (TPSA) is 86.7 Å². The Hall–Kier alpha value is -3.72. The predicted molar refractivity (Wildman–Crippen MR) is 120 cm³/mol. The SMILES string of the molecule is C#Cc1c(-c2cnc3ccccc3c2)c2c(N)ncnc2n1C12CCC(C=O)(CC1)C2. The molecule has 6 heteroatoms. The van der Waals surface area contributed by atoms with Crippen molar-refractivity contribution in [3.63, 3.8) is 0 Å². The van der Waals surface area contributed by atoms with E-state index < -0.39 is 0 Å². The smallest absolute Gasteiger partial charge is 0.147 e. The van der Waals surface area contributed by atoms with E-state index in [1.165, 1.54) is 6.33 Å². The van der Waals surface area contributed by atoms with Gasteiger partial charge in [-0.1, -0.05) is 24.1 Å². The molecule has 2 bridgehead atoms. The molecule has 6 nitrogen and oxygen atoms in total. The molecule has 6 rings (SSSR count). The number of pyridine rings is 1. The minimum atomic E-state index is -0.244. The third kappa shape index (κ3) is 2.35. The van der Waals surface area contributed by atoms with E-state index in [0.717, 1.165) is 77.1 Å². The molecule has 2 aliphatic carbocycles. The van der Waals surface area contributed by atoms with Crippen molar-refractivity contribution in [1.29, 1.82) is 0 Å². The number of carbonyl (C=O) groups is 1. The highest BCUT2D eigenvalue weighted by Crippen LogP contribution is 2.60. The van der Waals surface area contributed by atoms with E-state index in [4.69, 9.17) is 12.2 Å². The monoisotopic (exact) mass is 407 g/mol. The lowest BCUT2D eigenvalue weighted by Gasteiger charge is -2.30. The van der Waals surface area contributed by atoms with Crippen LogP contribution in [0.15, 0.2) is 42.9 Å². The Morgan fingerprint density at radius 1 is 1.13 bits per heavy atom. The molecule has 0 unspecified atom stereocenters. The number of nitrogens with zero attached hydrogens (tertiary/aromatic N) is 4. The third-order valence-electron chi connectivity index (χ3n) is 7.38. The maximum Gasteiger partial charge on any atom is 0.147 e. The molecule has 0 radical (unpaired) electrons. The molecule has 31 heavy (non-hydrogen) atoms. The second-order valence-corrected chi connectivity index (χ2v) is 8.96. The number of nitrogen functional groups attached to an aromatic ring is 1. The summed E-state index contributed by atoms with van der Waals surface area (Å²) in [6.45, 7) is 0. The normalized spacial score (nSPS) is 24.6. The number of hydrogen-bond donors (Lipinski definition) is 1. The van der Waals surface area contributed by atoms with Crippen molar-refractivity contribution >= 4 is 34.0 Å². The van der Waals surface area contributed by atoms with Gasteiger partial charge in [-0.15, -0.1) is 6.42 Å². The molecule has 0 spiro atoms. The van der Waals surface area contributed by atoms with Gasteiger partial charge in [0.25, 0.3) is 0 Å². The highest BCUT2D eigenvalue weighted by Gasteiger charge is 2.56. The summed E-state index contributed by atoms with van der Waals surface area (Å²) in [5, 5.41) is 1.79. The van der Waals surface area contributed by atoms with Gasteiger partial charge in [0, 0.05) is 33.7 Å². The Bertz CT molecular complexity index is 1420. The van der Waals surface area contributed by atoms with Gasteiger partial charge in [0.05, 0.1) is 10.9 Å². The van der Waals surface area contributed by atoms with Crippen LogP contribution in [0.2, 0.25) is 0 Å². The van der Waals surface area contributed by atoms with Crippen LogP contribution < -0.4 is 5.73 Å². The van der Waals surface area contributed by atoms with Gasteiger partial charge in [-0.05, 0) is 44.2 Å². The molecule has 2 aliphatic rings. The number of nitrogens with two attached hydrogens (primary N) is 1. The molecule has 3 heterocycles. The fourth-order valence-electron chi connectivity index (χ4n) is 5.91. The lowest BCUT2D eigenvalue weighted by molar-refractivity contribution is -0.115. The van der Waals surface area contributed by atoms with E-state index in [9.17, 15) is 4.79 Å². The van der Waals surface area contributed by atoms with Crippen LogP contribution in [0.3, 0.4) is 0 Å². The van der Waals surface area contributed by atoms with Gasteiger partial charge in [0.2, 0.25) is 0 Å². The number of terminal acetylenes is 1. The quantitative estimate of drug-likeness (QED) is 0.409. The minimum Gasteiger partial charge on any atom is -0.383 e. The van der Waals surface area contributed by atoms with Crippen LogP contribution in [0.5, 0.6) is 0 Å². The molecule has 2 N–H and O–H groups in total. The molecule has 2 saturated carbocycles. The molecular weight excluding hydrogens is 386 g/mol. The number of aldehydes is 1. The zero-order valence-electron chi connectivity index (χ0n) is 17.0. The van der Waals surface area contributed by atoms with Gasteiger partial charge in [0.15, 0.2) is 0 Å². The summed E-state index contributed by atoms with van der Waals surface area (Å²) in [6.07, 6.45) is 15.0. The van der Waals surface area contributed by atoms with E-state index in [1.807, 2.05) is 30.5 Å². The van der Waals surface area contributed by atoms with E-state index in [2.05, 4.69) is 31.5 Å². The van der Waals surface area contributed by atoms with Gasteiger partial charge in [0.1, 0.15) is 29.8 Å². The molecule has 152 valence electrons. The second-order valence-electron chi connectivity index (χ2n) is 8.96. The van der Waals surface area contributed by atoms with Crippen molar-refractivity contribution in [3.05, 3.63) is 48.5 Å². The predicted octanol–water partition coefficient (Wildman–Crippen LogP) is 4.07. The number of fused-ring (bicyclic) bond motifs is 4. The third-order valence-corrected chi connectivity index (χ3v) is 7.38. The first kappa shape index (κ1) is 18.1. The first-order valence-corrected chi connectivity index (χ1v) is 10.5. The van der Waals surface area contributed by atoms with Gasteiger partial charge in [-0.25, -0.2) is 9.97 Å². The Kier molecular flexibility index (Phi) is 3.58. The fraction of sp³-hybridized carbons (Fsp3) is 0.280. The average Bonchev–Trinajstić information content (AvgIpc) is 3.48. The number of anilines is 1. The van der Waals surface area contributed by atoms with Crippen LogP contribution in [-0.4, -0.2) is 25.8 Å². The van der Waals surface area contributed by atoms with Crippen molar-refractivity contribution in [2.45, 2.75) is 37.6 Å². The van der Waals surface area contributed by atoms with Crippen LogP contribution in [0.4, 0.5) is 5.82 Å². The molecule has 1 aromatic carbocycles. The largest absolute Gasteiger partial charge is 0.383 e. The molecule has 0 aliphatic heterocycles. The summed E-state index contributed by atoms with van der Waals surface area (Å²) in [4.78, 5) is 25.4. The van der Waals surface area contributed by atoms with Crippen LogP contribution in [0, 0.1) is 17.8 Å². The first-order chi connectivity index (χ1) is 15.1. The summed E-state index contributed by atoms with van der Waals surface area (Å²) in [7, 11) is 0. The molecule has 4 aromatic rings. The molecule has 2 fully saturated rings. The van der Waals surface area contributed by atoms with Crippen LogP contribution in [-0.2, 0) is 10.3 Å². The van der Waals surface area contributed by atoms with Crippen molar-refractivity contribution in [3.8, 4) is 23.5 Å². The van der Waals surface area contributed by atoms with E-state index in [-0.39, 0.29) is 11.0 Å². The van der Waals surface area contributed by atoms with Gasteiger partial charge in [-0.2, -0.15) is 0 Å². The van der Waals surface area contributed by atoms with Crippen molar-refractivity contribution in [2.24, 2.45) is 5.41 Å². The van der Waals surface area contributed by atoms with E-state index in [1.54, 1.807) is 0 Å². The van der Waals surface area contributed by atoms with Crippen LogP contribution in [0.25, 0.3) is 33.1 Å². The fourth-order valence-corrected chi connectivity index (χ4v) is 5.91. The van der Waals surface area contributed by atoms with Crippen molar-refractivity contribution < 1.29 is 4.79 Å². The standard InChI is InChI=1S/C25H21N5O/c1-2-19-20(17-11-16-5-3-4-6-18(16)27-12-17)21-22(26)28-15-29-23(21)30(19)25-9-7-24(13-25,14-31)8-10-25/h1,3-6,11-12,14-15H,7-10,13H2,(H2,26,28,29). The minimum absolute atomic E-state index is 0.218. The van der Waals surface area contributed by atoms with Gasteiger partial charge < -0.3 is 15.1 Å². The molecule has 0 saturated heterocycles. The number of rotatable bonds is 3. The van der Waals surface area contributed by atoms with Crippen molar-refractivity contribution in [2.75, 3.05) is 5.73 Å². The number of para-hydroxylation sites is 1. The first-order valence-electron chi connectivity index (χ1n) is 10.5. The van der Waals surface area contributed by atoms with E-state index in [0.29, 0.717) is 5.82 Å². The highest BCUT2D eigenvalue weighted by atomic mass is 16.1. The summed E-state index contributed by atoms with van der Waals surface area (Å²) in [5.41, 5.74) is 10.1. The Morgan fingerprint density at radius 2 is 1.94 bits per heavy atom. The highest BCUT2D eigenvalue weighted by molar-refractivity contribution is 6.04. The molecule has 0 atom stereocenters. The lowest BCUT2D eigenvalue weighted by Crippen LogP contribution is -2.29. The molecular formula is C25H21N5O. The zero-order valence-corrected chi connectivity index (χ0v) is 17.0. The Morgan fingerprint density at radius 3 is 2.68 bits per heavy atom. The number of benzene rings is 1. The van der Waals surface area contributed by atoms with Gasteiger partial charge in [-0.3, -0.25) is 4.98 Å². The maximum absolute atomic E-state index is 11.9. The zero-order chi connectivity index (χ0) is 21.2. The summed E-state index contributed by atoms with van der Waals surface area (Å²) < 4.78 is 2.18. The number of hydrogen-bond acceptors (Lipinski definition) is 5.